The fourth-order valence-corrected chi connectivity index (χ4v) is 3.81. The summed E-state index contributed by atoms with van der Waals surface area (Å²) in [7, 11) is 0. The van der Waals surface area contributed by atoms with Crippen molar-refractivity contribution in [3.8, 4) is 5.75 Å². The van der Waals surface area contributed by atoms with Crippen LogP contribution in [0.25, 0.3) is 0 Å². The van der Waals surface area contributed by atoms with E-state index >= 15 is 0 Å². The van der Waals surface area contributed by atoms with Gasteiger partial charge in [0.1, 0.15) is 5.75 Å². The fourth-order valence-electron chi connectivity index (χ4n) is 3.81. The minimum absolute atomic E-state index is 0.420. The summed E-state index contributed by atoms with van der Waals surface area (Å²) in [6.07, 6.45) is 6.18. The van der Waals surface area contributed by atoms with E-state index in [2.05, 4.69) is 32.0 Å². The van der Waals surface area contributed by atoms with Crippen molar-refractivity contribution in [3.63, 3.8) is 0 Å². The lowest BCUT2D eigenvalue weighted by atomic mass is 9.70. The lowest BCUT2D eigenvalue weighted by molar-refractivity contribution is -0.0588. The van der Waals surface area contributed by atoms with Crippen molar-refractivity contribution in [2.24, 2.45) is 11.8 Å². The summed E-state index contributed by atoms with van der Waals surface area (Å²) >= 11 is 0. The van der Waals surface area contributed by atoms with Gasteiger partial charge in [0.25, 0.3) is 0 Å². The van der Waals surface area contributed by atoms with E-state index in [9.17, 15) is 5.11 Å². The van der Waals surface area contributed by atoms with Crippen molar-refractivity contribution in [1.82, 2.24) is 0 Å². The first-order chi connectivity index (χ1) is 9.57. The van der Waals surface area contributed by atoms with Crippen molar-refractivity contribution in [3.05, 3.63) is 29.3 Å². The second-order valence-corrected chi connectivity index (χ2v) is 6.92. The molecule has 20 heavy (non-hydrogen) atoms. The van der Waals surface area contributed by atoms with Crippen LogP contribution in [0.5, 0.6) is 5.75 Å². The minimum atomic E-state index is -0.456. The van der Waals surface area contributed by atoms with Gasteiger partial charge in [-0.2, -0.15) is 0 Å². The molecular weight excluding hydrogens is 248 g/mol. The summed E-state index contributed by atoms with van der Waals surface area (Å²) in [5, 5.41) is 10.9. The van der Waals surface area contributed by atoms with Gasteiger partial charge in [0.15, 0.2) is 0 Å². The van der Waals surface area contributed by atoms with Gasteiger partial charge < -0.3 is 9.84 Å². The largest absolute Gasteiger partial charge is 0.493 e. The lowest BCUT2D eigenvalue weighted by Crippen LogP contribution is -2.41. The van der Waals surface area contributed by atoms with Crippen LogP contribution >= 0.6 is 0 Å². The molecule has 1 heterocycles. The molecule has 3 atom stereocenters. The van der Waals surface area contributed by atoms with Crippen molar-refractivity contribution < 1.29 is 9.84 Å². The number of aryl methyl sites for hydroxylation is 1. The zero-order chi connectivity index (χ0) is 14.2. The molecule has 0 saturated heterocycles. The molecule has 0 amide bonds. The van der Waals surface area contributed by atoms with Gasteiger partial charge in [0.05, 0.1) is 12.2 Å². The van der Waals surface area contributed by atoms with Gasteiger partial charge in [-0.15, -0.1) is 0 Å². The van der Waals surface area contributed by atoms with Crippen molar-refractivity contribution in [2.45, 2.75) is 58.0 Å². The van der Waals surface area contributed by atoms with Crippen LogP contribution in [0.15, 0.2) is 18.2 Å². The first-order valence-electron chi connectivity index (χ1n) is 8.04. The van der Waals surface area contributed by atoms with Gasteiger partial charge in [-0.25, -0.2) is 0 Å². The summed E-state index contributed by atoms with van der Waals surface area (Å²) in [6, 6.07) is 6.51. The molecule has 0 radical (unpaired) electrons. The van der Waals surface area contributed by atoms with Crippen LogP contribution in [0.4, 0.5) is 0 Å². The Hall–Kier alpha value is -1.02. The zero-order valence-corrected chi connectivity index (χ0v) is 12.7. The van der Waals surface area contributed by atoms with E-state index < -0.39 is 5.60 Å². The normalized spacial score (nSPS) is 32.8. The third-order valence-electron chi connectivity index (χ3n) is 5.34. The van der Waals surface area contributed by atoms with Crippen LogP contribution < -0.4 is 4.74 Å². The number of hydrogen-bond donors (Lipinski definition) is 1. The standard InChI is InChI=1S/C18H26O2/c1-13-5-8-18(19,14(2)11-13)9-6-15-3-4-17-16(12-15)7-10-20-17/h3-4,12-14,19H,5-11H2,1-2H3. The number of benzene rings is 1. The maximum atomic E-state index is 10.9. The summed E-state index contributed by atoms with van der Waals surface area (Å²) in [6.45, 7) is 5.33. The van der Waals surface area contributed by atoms with Crippen molar-refractivity contribution in [1.29, 1.82) is 0 Å². The lowest BCUT2D eigenvalue weighted by Gasteiger charge is -2.41. The topological polar surface area (TPSA) is 29.5 Å². The molecule has 1 aromatic carbocycles. The van der Waals surface area contributed by atoms with E-state index in [1.54, 1.807) is 0 Å². The summed E-state index contributed by atoms with van der Waals surface area (Å²) in [5.74, 6) is 2.23. The highest BCUT2D eigenvalue weighted by molar-refractivity contribution is 5.39. The summed E-state index contributed by atoms with van der Waals surface area (Å²) in [4.78, 5) is 0. The molecule has 0 spiro atoms. The fraction of sp³-hybridized carbons (Fsp3) is 0.667. The van der Waals surface area contributed by atoms with Gasteiger partial charge in [0, 0.05) is 6.42 Å². The molecule has 3 rings (SSSR count). The van der Waals surface area contributed by atoms with Crippen LogP contribution in [-0.4, -0.2) is 17.3 Å². The Morgan fingerprint density at radius 3 is 3.00 bits per heavy atom. The Morgan fingerprint density at radius 1 is 1.35 bits per heavy atom. The second kappa shape index (κ2) is 5.40. The predicted molar refractivity (Wildman–Crippen MR) is 81.1 cm³/mol. The average Bonchev–Trinajstić information content (AvgIpc) is 2.89. The van der Waals surface area contributed by atoms with Crippen molar-refractivity contribution >= 4 is 0 Å². The van der Waals surface area contributed by atoms with Crippen LogP contribution in [-0.2, 0) is 12.8 Å². The molecule has 3 unspecified atom stereocenters. The molecule has 0 aromatic heterocycles. The molecule has 2 aliphatic rings. The van der Waals surface area contributed by atoms with E-state index in [-0.39, 0.29) is 0 Å². The van der Waals surface area contributed by atoms with E-state index in [1.165, 1.54) is 17.5 Å². The monoisotopic (exact) mass is 274 g/mol. The van der Waals surface area contributed by atoms with Crippen LogP contribution in [0.1, 0.15) is 50.7 Å². The number of rotatable bonds is 3. The Morgan fingerprint density at radius 2 is 2.20 bits per heavy atom. The molecule has 1 fully saturated rings. The highest BCUT2D eigenvalue weighted by Gasteiger charge is 2.37. The third kappa shape index (κ3) is 2.71. The number of ether oxygens (including phenoxy) is 1. The minimum Gasteiger partial charge on any atom is -0.493 e. The molecule has 1 aliphatic heterocycles. The molecule has 1 saturated carbocycles. The second-order valence-electron chi connectivity index (χ2n) is 6.92. The molecule has 2 nitrogen and oxygen atoms in total. The highest BCUT2D eigenvalue weighted by Crippen LogP contribution is 2.39. The summed E-state index contributed by atoms with van der Waals surface area (Å²) in [5.41, 5.74) is 2.22. The Balaban J connectivity index is 1.64. The molecule has 1 aromatic rings. The third-order valence-corrected chi connectivity index (χ3v) is 5.34. The van der Waals surface area contributed by atoms with Crippen LogP contribution in [0.2, 0.25) is 0 Å². The summed E-state index contributed by atoms with van der Waals surface area (Å²) < 4.78 is 5.55. The van der Waals surface area contributed by atoms with E-state index in [1.807, 2.05) is 0 Å². The van der Waals surface area contributed by atoms with Gasteiger partial charge in [-0.05, 0) is 61.1 Å². The molecule has 1 aliphatic carbocycles. The molecule has 110 valence electrons. The van der Waals surface area contributed by atoms with E-state index in [0.29, 0.717) is 5.92 Å². The van der Waals surface area contributed by atoms with Gasteiger partial charge in [-0.3, -0.25) is 0 Å². The van der Waals surface area contributed by atoms with Gasteiger partial charge >= 0.3 is 0 Å². The molecule has 2 heteroatoms. The van der Waals surface area contributed by atoms with Gasteiger partial charge in [-0.1, -0.05) is 26.0 Å². The smallest absolute Gasteiger partial charge is 0.122 e. The highest BCUT2D eigenvalue weighted by atomic mass is 16.5. The van der Waals surface area contributed by atoms with Crippen molar-refractivity contribution in [2.75, 3.05) is 6.61 Å². The SMILES string of the molecule is CC1CCC(O)(CCc2ccc3c(c2)CCO3)C(C)C1. The van der Waals surface area contributed by atoms with Gasteiger partial charge in [0.2, 0.25) is 0 Å². The average molecular weight is 274 g/mol. The zero-order valence-electron chi connectivity index (χ0n) is 12.7. The number of aliphatic hydroxyl groups is 1. The van der Waals surface area contributed by atoms with E-state index in [4.69, 9.17) is 4.74 Å². The van der Waals surface area contributed by atoms with Crippen LogP contribution in [0, 0.1) is 11.8 Å². The number of hydrogen-bond acceptors (Lipinski definition) is 2. The Kier molecular flexibility index (Phi) is 3.76. The van der Waals surface area contributed by atoms with E-state index in [0.717, 1.165) is 50.4 Å². The number of fused-ring (bicyclic) bond motifs is 1. The molecule has 1 N–H and O–H groups in total. The Labute approximate surface area is 122 Å². The predicted octanol–water partition coefficient (Wildman–Crippen LogP) is 3.74. The Bertz CT molecular complexity index is 482. The molecule has 0 bridgehead atoms. The first-order valence-corrected chi connectivity index (χ1v) is 8.04. The maximum Gasteiger partial charge on any atom is 0.122 e. The van der Waals surface area contributed by atoms with Crippen LogP contribution in [0.3, 0.4) is 0 Å². The maximum absolute atomic E-state index is 10.9. The first kappa shape index (κ1) is 13.9. The quantitative estimate of drug-likeness (QED) is 0.910. The molecular formula is C18H26O2.